The van der Waals surface area contributed by atoms with Gasteiger partial charge in [-0.25, -0.2) is 0 Å². The second kappa shape index (κ2) is 7.94. The van der Waals surface area contributed by atoms with Gasteiger partial charge in [0.2, 0.25) is 0 Å². The van der Waals surface area contributed by atoms with Crippen LogP contribution in [0.2, 0.25) is 5.02 Å². The van der Waals surface area contributed by atoms with Crippen molar-refractivity contribution < 1.29 is 4.74 Å². The molecule has 2 aromatic rings. The number of hydrogen-bond acceptors (Lipinski definition) is 2. The summed E-state index contributed by atoms with van der Waals surface area (Å²) in [7, 11) is 1.62. The van der Waals surface area contributed by atoms with E-state index in [-0.39, 0.29) is 0 Å². The minimum Gasteiger partial charge on any atom is -0.495 e. The molecule has 0 atom stereocenters. The fraction of sp³-hybridized carbons (Fsp3) is 0.333. The molecule has 0 aromatic heterocycles. The Morgan fingerprint density at radius 2 is 1.76 bits per heavy atom. The van der Waals surface area contributed by atoms with Gasteiger partial charge in [0.25, 0.3) is 0 Å². The molecule has 0 fully saturated rings. The molecular weight excluding hydrogens is 282 g/mol. The molecule has 0 aliphatic rings. The molecule has 3 heteroatoms. The van der Waals surface area contributed by atoms with Crippen LogP contribution in [0, 0.1) is 0 Å². The molecule has 0 heterocycles. The van der Waals surface area contributed by atoms with Crippen LogP contribution >= 0.6 is 11.6 Å². The number of hydrogen-bond donors (Lipinski definition) is 1. The standard InChI is InChI=1S/C18H22ClNO/c1-3-4-5-14-6-9-16(10-7-14)20-13-15-8-11-18(21-2)17(19)12-15/h6-12,20H,3-5,13H2,1-2H3. The fourth-order valence-corrected chi connectivity index (χ4v) is 2.47. The maximum Gasteiger partial charge on any atom is 0.137 e. The third-order valence-electron chi connectivity index (χ3n) is 3.49. The molecule has 0 spiro atoms. The molecule has 2 aromatic carbocycles. The second-order valence-electron chi connectivity index (χ2n) is 5.12. The number of halogens is 1. The largest absolute Gasteiger partial charge is 0.495 e. The Morgan fingerprint density at radius 1 is 1.05 bits per heavy atom. The maximum atomic E-state index is 6.13. The Labute approximate surface area is 132 Å². The zero-order valence-corrected chi connectivity index (χ0v) is 13.4. The van der Waals surface area contributed by atoms with Crippen LogP contribution in [0.4, 0.5) is 5.69 Å². The summed E-state index contributed by atoms with van der Waals surface area (Å²) in [5.74, 6) is 0.709. The van der Waals surface area contributed by atoms with E-state index in [4.69, 9.17) is 16.3 Å². The molecule has 0 aliphatic heterocycles. The Bertz CT molecular complexity index is 566. The van der Waals surface area contributed by atoms with Gasteiger partial charge < -0.3 is 10.1 Å². The lowest BCUT2D eigenvalue weighted by atomic mass is 10.1. The van der Waals surface area contributed by atoms with Crippen LogP contribution in [0.3, 0.4) is 0 Å². The van der Waals surface area contributed by atoms with Crippen LogP contribution in [0.15, 0.2) is 42.5 Å². The molecule has 0 aliphatic carbocycles. The van der Waals surface area contributed by atoms with Crippen molar-refractivity contribution in [1.29, 1.82) is 0 Å². The molecule has 0 radical (unpaired) electrons. The first-order chi connectivity index (χ1) is 10.2. The average molecular weight is 304 g/mol. The van der Waals surface area contributed by atoms with Gasteiger partial charge in [-0.2, -0.15) is 0 Å². The predicted octanol–water partition coefficient (Wildman–Crippen LogP) is 5.30. The lowest BCUT2D eigenvalue weighted by molar-refractivity contribution is 0.415. The van der Waals surface area contributed by atoms with Crippen LogP contribution in [-0.4, -0.2) is 7.11 Å². The lowest BCUT2D eigenvalue weighted by Crippen LogP contribution is -1.99. The van der Waals surface area contributed by atoms with Crippen molar-refractivity contribution in [2.45, 2.75) is 32.7 Å². The van der Waals surface area contributed by atoms with E-state index in [1.807, 2.05) is 18.2 Å². The highest BCUT2D eigenvalue weighted by Crippen LogP contribution is 2.25. The predicted molar refractivity (Wildman–Crippen MR) is 90.4 cm³/mol. The molecule has 2 nitrogen and oxygen atoms in total. The van der Waals surface area contributed by atoms with Crippen molar-refractivity contribution in [3.63, 3.8) is 0 Å². The Hall–Kier alpha value is -1.67. The van der Waals surface area contributed by atoms with E-state index < -0.39 is 0 Å². The minimum absolute atomic E-state index is 0.645. The first kappa shape index (κ1) is 15.7. The monoisotopic (exact) mass is 303 g/mol. The molecule has 1 N–H and O–H groups in total. The van der Waals surface area contributed by atoms with E-state index in [2.05, 4.69) is 36.5 Å². The van der Waals surface area contributed by atoms with E-state index >= 15 is 0 Å². The van der Waals surface area contributed by atoms with Gasteiger partial charge in [0.1, 0.15) is 5.75 Å². The third-order valence-corrected chi connectivity index (χ3v) is 3.78. The summed E-state index contributed by atoms with van der Waals surface area (Å²) in [6.07, 6.45) is 3.64. The Kier molecular flexibility index (Phi) is 5.94. The van der Waals surface area contributed by atoms with Gasteiger partial charge in [0, 0.05) is 12.2 Å². The molecule has 21 heavy (non-hydrogen) atoms. The van der Waals surface area contributed by atoms with Crippen molar-refractivity contribution in [3.8, 4) is 5.75 Å². The molecular formula is C18H22ClNO. The molecule has 0 saturated heterocycles. The summed E-state index contributed by atoms with van der Waals surface area (Å²) in [4.78, 5) is 0. The quantitative estimate of drug-likeness (QED) is 0.749. The summed E-state index contributed by atoms with van der Waals surface area (Å²) < 4.78 is 5.16. The molecule has 0 bridgehead atoms. The van der Waals surface area contributed by atoms with Crippen LogP contribution in [0.5, 0.6) is 5.75 Å². The average Bonchev–Trinajstić information content (AvgIpc) is 2.52. The normalized spacial score (nSPS) is 10.4. The van der Waals surface area contributed by atoms with Gasteiger partial charge >= 0.3 is 0 Å². The van der Waals surface area contributed by atoms with Gasteiger partial charge in [-0.05, 0) is 48.2 Å². The number of methoxy groups -OCH3 is 1. The first-order valence-corrected chi connectivity index (χ1v) is 7.76. The molecule has 0 amide bonds. The van der Waals surface area contributed by atoms with Crippen molar-refractivity contribution in [1.82, 2.24) is 0 Å². The topological polar surface area (TPSA) is 21.3 Å². The zero-order valence-electron chi connectivity index (χ0n) is 12.7. The molecule has 112 valence electrons. The van der Waals surface area contributed by atoms with Gasteiger partial charge in [0.15, 0.2) is 0 Å². The van der Waals surface area contributed by atoms with E-state index in [0.717, 1.165) is 24.2 Å². The van der Waals surface area contributed by atoms with E-state index in [1.54, 1.807) is 7.11 Å². The Balaban J connectivity index is 1.92. The van der Waals surface area contributed by atoms with Crippen molar-refractivity contribution >= 4 is 17.3 Å². The number of nitrogens with one attached hydrogen (secondary N) is 1. The number of rotatable bonds is 7. The number of benzene rings is 2. The summed E-state index contributed by atoms with van der Waals surface area (Å²) >= 11 is 6.13. The molecule has 2 rings (SSSR count). The van der Waals surface area contributed by atoms with Gasteiger partial charge in [-0.1, -0.05) is 43.1 Å². The fourth-order valence-electron chi connectivity index (χ4n) is 2.19. The van der Waals surface area contributed by atoms with Gasteiger partial charge in [-0.3, -0.25) is 0 Å². The summed E-state index contributed by atoms with van der Waals surface area (Å²) in [5, 5.41) is 4.05. The van der Waals surface area contributed by atoms with E-state index in [1.165, 1.54) is 18.4 Å². The highest BCUT2D eigenvalue weighted by Gasteiger charge is 2.02. The first-order valence-electron chi connectivity index (χ1n) is 7.38. The van der Waals surface area contributed by atoms with Crippen LogP contribution < -0.4 is 10.1 Å². The summed E-state index contributed by atoms with van der Waals surface area (Å²) in [6.45, 7) is 2.97. The van der Waals surface area contributed by atoms with Crippen molar-refractivity contribution in [2.24, 2.45) is 0 Å². The third kappa shape index (κ3) is 4.68. The molecule has 0 unspecified atom stereocenters. The van der Waals surface area contributed by atoms with Crippen LogP contribution in [-0.2, 0) is 13.0 Å². The van der Waals surface area contributed by atoms with Crippen molar-refractivity contribution in [3.05, 3.63) is 58.6 Å². The lowest BCUT2D eigenvalue weighted by Gasteiger charge is -2.09. The smallest absolute Gasteiger partial charge is 0.137 e. The Morgan fingerprint density at radius 3 is 2.38 bits per heavy atom. The highest BCUT2D eigenvalue weighted by molar-refractivity contribution is 6.32. The number of ether oxygens (including phenoxy) is 1. The number of aryl methyl sites for hydroxylation is 1. The van der Waals surface area contributed by atoms with Gasteiger partial charge in [0.05, 0.1) is 12.1 Å². The van der Waals surface area contributed by atoms with Crippen LogP contribution in [0.1, 0.15) is 30.9 Å². The maximum absolute atomic E-state index is 6.13. The highest BCUT2D eigenvalue weighted by atomic mass is 35.5. The SMILES string of the molecule is CCCCc1ccc(NCc2ccc(OC)c(Cl)c2)cc1. The second-order valence-corrected chi connectivity index (χ2v) is 5.53. The van der Waals surface area contributed by atoms with Gasteiger partial charge in [-0.15, -0.1) is 0 Å². The van der Waals surface area contributed by atoms with E-state index in [0.29, 0.717) is 10.8 Å². The van der Waals surface area contributed by atoms with Crippen molar-refractivity contribution in [2.75, 3.05) is 12.4 Å². The van der Waals surface area contributed by atoms with E-state index in [9.17, 15) is 0 Å². The minimum atomic E-state index is 0.645. The number of anilines is 1. The molecule has 0 saturated carbocycles. The zero-order chi connectivity index (χ0) is 15.1. The summed E-state index contributed by atoms with van der Waals surface area (Å²) in [5.41, 5.74) is 3.66. The summed E-state index contributed by atoms with van der Waals surface area (Å²) in [6, 6.07) is 14.5. The number of unbranched alkanes of at least 4 members (excludes halogenated alkanes) is 1. The van der Waals surface area contributed by atoms with Crippen LogP contribution in [0.25, 0.3) is 0 Å².